The number of aliphatic hydroxyl groups is 1. The van der Waals surface area contributed by atoms with Gasteiger partial charge >= 0.3 is 0 Å². The summed E-state index contributed by atoms with van der Waals surface area (Å²) >= 11 is 0. The lowest BCUT2D eigenvalue weighted by molar-refractivity contribution is 0.0991. The molecule has 0 aliphatic heterocycles. The lowest BCUT2D eigenvalue weighted by Gasteiger charge is -2.12. The van der Waals surface area contributed by atoms with Gasteiger partial charge in [-0.1, -0.05) is 54.6 Å². The van der Waals surface area contributed by atoms with Crippen LogP contribution in [0.15, 0.2) is 54.6 Å². The summed E-state index contributed by atoms with van der Waals surface area (Å²) in [5.41, 5.74) is 1.61. The fraction of sp³-hybridized carbons (Fsp3) is 0.235. The average molecular weight is 318 g/mol. The van der Waals surface area contributed by atoms with Crippen LogP contribution in [0.2, 0.25) is 0 Å². The van der Waals surface area contributed by atoms with Gasteiger partial charge in [-0.3, -0.25) is 4.79 Å². The van der Waals surface area contributed by atoms with Gasteiger partial charge in [0, 0.05) is 5.56 Å². The first-order valence-electron chi connectivity index (χ1n) is 6.93. The largest absolute Gasteiger partial charge is 0.392 e. The molecule has 0 aromatic heterocycles. The molecule has 22 heavy (non-hydrogen) atoms. The predicted molar refractivity (Wildman–Crippen MR) is 85.2 cm³/mol. The molecular weight excluding hydrogens is 300 g/mol. The first-order valence-corrected chi connectivity index (χ1v) is 8.65. The van der Waals surface area contributed by atoms with Gasteiger partial charge in [-0.25, -0.2) is 8.42 Å². The van der Waals surface area contributed by atoms with E-state index in [0.717, 1.165) is 0 Å². The minimum absolute atomic E-state index is 0.146. The van der Waals surface area contributed by atoms with Crippen molar-refractivity contribution >= 4 is 15.6 Å². The third-order valence-corrected chi connectivity index (χ3v) is 5.54. The molecule has 0 aliphatic rings. The smallest absolute Gasteiger partial charge is 0.180 e. The van der Waals surface area contributed by atoms with Gasteiger partial charge in [0.05, 0.1) is 12.4 Å². The molecule has 0 saturated heterocycles. The van der Waals surface area contributed by atoms with E-state index < -0.39 is 20.9 Å². The zero-order valence-corrected chi connectivity index (χ0v) is 13.1. The van der Waals surface area contributed by atoms with Crippen molar-refractivity contribution in [2.45, 2.75) is 24.5 Å². The molecule has 0 bridgehead atoms. The van der Waals surface area contributed by atoms with E-state index in [-0.39, 0.29) is 12.4 Å². The molecule has 2 aromatic carbocycles. The van der Waals surface area contributed by atoms with E-state index in [4.69, 9.17) is 5.11 Å². The molecular formula is C17H18O4S. The summed E-state index contributed by atoms with van der Waals surface area (Å²) < 4.78 is 24.9. The molecule has 0 heterocycles. The Labute approximate surface area is 130 Å². The highest BCUT2D eigenvalue weighted by Gasteiger charge is 2.28. The van der Waals surface area contributed by atoms with Crippen LogP contribution in [-0.4, -0.2) is 24.6 Å². The molecule has 0 spiro atoms. The van der Waals surface area contributed by atoms with Gasteiger partial charge in [0.1, 0.15) is 5.25 Å². The van der Waals surface area contributed by atoms with E-state index in [0.29, 0.717) is 16.7 Å². The molecule has 0 amide bonds. The van der Waals surface area contributed by atoms with Crippen LogP contribution in [0, 0.1) is 0 Å². The van der Waals surface area contributed by atoms with Crippen molar-refractivity contribution in [3.05, 3.63) is 71.3 Å². The number of carbonyl (C=O) groups excluding carboxylic acids is 1. The summed E-state index contributed by atoms with van der Waals surface area (Å²) in [6.07, 6.45) is 0. The van der Waals surface area contributed by atoms with Crippen LogP contribution >= 0.6 is 0 Å². The van der Waals surface area contributed by atoms with Crippen molar-refractivity contribution in [3.8, 4) is 0 Å². The van der Waals surface area contributed by atoms with Gasteiger partial charge in [-0.05, 0) is 18.1 Å². The van der Waals surface area contributed by atoms with Crippen LogP contribution in [0.25, 0.3) is 0 Å². The Morgan fingerprint density at radius 1 is 1.05 bits per heavy atom. The number of carbonyl (C=O) groups is 1. The second kappa shape index (κ2) is 6.85. The minimum Gasteiger partial charge on any atom is -0.392 e. The Morgan fingerprint density at radius 3 is 2.32 bits per heavy atom. The number of Topliss-reactive ketones (excluding diaryl/α,β-unsaturated/α-hetero) is 1. The van der Waals surface area contributed by atoms with Gasteiger partial charge in [0.25, 0.3) is 0 Å². The molecule has 0 saturated carbocycles. The van der Waals surface area contributed by atoms with Crippen LogP contribution in [0.3, 0.4) is 0 Å². The maximum absolute atomic E-state index is 12.4. The summed E-state index contributed by atoms with van der Waals surface area (Å²) in [7, 11) is -3.62. The maximum atomic E-state index is 12.4. The third kappa shape index (κ3) is 3.81. The molecule has 1 N–H and O–H groups in total. The zero-order valence-electron chi connectivity index (χ0n) is 12.3. The summed E-state index contributed by atoms with van der Waals surface area (Å²) in [4.78, 5) is 12.3. The van der Waals surface area contributed by atoms with Crippen LogP contribution in [0.1, 0.15) is 28.4 Å². The first-order chi connectivity index (χ1) is 10.4. The predicted octanol–water partition coefficient (Wildman–Crippen LogP) is 2.37. The Hall–Kier alpha value is -1.98. The molecule has 5 heteroatoms. The summed E-state index contributed by atoms with van der Waals surface area (Å²) in [6.45, 7) is 1.27. The van der Waals surface area contributed by atoms with Crippen molar-refractivity contribution in [1.82, 2.24) is 0 Å². The Morgan fingerprint density at radius 2 is 1.68 bits per heavy atom. The van der Waals surface area contributed by atoms with Crippen LogP contribution in [0.5, 0.6) is 0 Å². The highest BCUT2D eigenvalue weighted by Crippen LogP contribution is 2.16. The molecule has 1 unspecified atom stereocenters. The monoisotopic (exact) mass is 318 g/mol. The minimum atomic E-state index is -3.62. The Kier molecular flexibility index (Phi) is 5.11. The van der Waals surface area contributed by atoms with Crippen molar-refractivity contribution < 1.29 is 18.3 Å². The summed E-state index contributed by atoms with van der Waals surface area (Å²) in [6, 6.07) is 15.1. The van der Waals surface area contributed by atoms with Gasteiger partial charge in [-0.15, -0.1) is 0 Å². The number of hydrogen-bond donors (Lipinski definition) is 1. The number of rotatable bonds is 6. The van der Waals surface area contributed by atoms with Gasteiger partial charge in [-0.2, -0.15) is 0 Å². The number of sulfone groups is 1. The van der Waals surface area contributed by atoms with Crippen LogP contribution < -0.4 is 0 Å². The van der Waals surface area contributed by atoms with Crippen LogP contribution in [-0.2, 0) is 22.2 Å². The van der Waals surface area contributed by atoms with Gasteiger partial charge < -0.3 is 5.11 Å². The van der Waals surface area contributed by atoms with E-state index in [2.05, 4.69) is 0 Å². The van der Waals surface area contributed by atoms with Crippen molar-refractivity contribution in [2.75, 3.05) is 0 Å². The molecule has 1 atom stereocenters. The maximum Gasteiger partial charge on any atom is 0.180 e. The highest BCUT2D eigenvalue weighted by molar-refractivity contribution is 7.92. The fourth-order valence-electron chi connectivity index (χ4n) is 2.18. The molecule has 4 nitrogen and oxygen atoms in total. The van der Waals surface area contributed by atoms with E-state index in [1.165, 1.54) is 6.92 Å². The first kappa shape index (κ1) is 16.4. The van der Waals surface area contributed by atoms with Gasteiger partial charge in [0.15, 0.2) is 15.6 Å². The van der Waals surface area contributed by atoms with E-state index >= 15 is 0 Å². The van der Waals surface area contributed by atoms with Crippen molar-refractivity contribution in [2.24, 2.45) is 0 Å². The van der Waals surface area contributed by atoms with Crippen LogP contribution in [0.4, 0.5) is 0 Å². The number of ketones is 1. The molecule has 2 aromatic rings. The topological polar surface area (TPSA) is 71.4 Å². The van der Waals surface area contributed by atoms with E-state index in [1.807, 2.05) is 0 Å². The summed E-state index contributed by atoms with van der Waals surface area (Å²) in [5.74, 6) is -0.625. The van der Waals surface area contributed by atoms with Gasteiger partial charge in [0.2, 0.25) is 0 Å². The Bertz CT molecular complexity index is 751. The molecule has 0 fully saturated rings. The van der Waals surface area contributed by atoms with E-state index in [1.54, 1.807) is 54.6 Å². The van der Waals surface area contributed by atoms with Crippen molar-refractivity contribution in [1.29, 1.82) is 0 Å². The lowest BCUT2D eigenvalue weighted by Crippen LogP contribution is -2.28. The fourth-order valence-corrected chi connectivity index (χ4v) is 3.53. The summed E-state index contributed by atoms with van der Waals surface area (Å²) in [5, 5.41) is 8.00. The van der Waals surface area contributed by atoms with E-state index in [9.17, 15) is 13.2 Å². The second-order valence-corrected chi connectivity index (χ2v) is 7.48. The highest BCUT2D eigenvalue weighted by atomic mass is 32.2. The molecule has 116 valence electrons. The number of benzene rings is 2. The second-order valence-electron chi connectivity index (χ2n) is 5.16. The lowest BCUT2D eigenvalue weighted by atomic mass is 10.1. The average Bonchev–Trinajstić information content (AvgIpc) is 2.54. The quantitative estimate of drug-likeness (QED) is 0.830. The molecule has 0 radical (unpaired) electrons. The molecule has 0 aliphatic carbocycles. The Balaban J connectivity index is 2.20. The SMILES string of the molecule is CC(C(=O)c1ccccc1)S(=O)(=O)Cc1cccc(CO)c1. The number of hydrogen-bond acceptors (Lipinski definition) is 4. The molecule has 2 rings (SSSR count). The number of aliphatic hydroxyl groups excluding tert-OH is 1. The van der Waals surface area contributed by atoms with Crippen molar-refractivity contribution in [3.63, 3.8) is 0 Å². The normalized spacial score (nSPS) is 12.8. The standard InChI is InChI=1S/C17H18O4S/c1-13(17(19)16-8-3-2-4-9-16)22(20,21)12-15-7-5-6-14(10-15)11-18/h2-10,13,18H,11-12H2,1H3. The zero-order chi connectivity index (χ0) is 16.2. The third-order valence-electron chi connectivity index (χ3n) is 3.51.